The molecule has 0 radical (unpaired) electrons. The lowest BCUT2D eigenvalue weighted by Gasteiger charge is -2.21. The van der Waals surface area contributed by atoms with Crippen LogP contribution in [0.4, 0.5) is 0 Å². The van der Waals surface area contributed by atoms with Crippen molar-refractivity contribution in [3.8, 4) is 0 Å². The quantitative estimate of drug-likeness (QED) is 0.223. The van der Waals surface area contributed by atoms with E-state index in [0.29, 0.717) is 5.56 Å². The number of fused-ring (bicyclic) bond motifs is 1. The van der Waals surface area contributed by atoms with Gasteiger partial charge in [-0.25, -0.2) is 4.79 Å². The first-order chi connectivity index (χ1) is 15.5. The number of para-hydroxylation sites is 1. The lowest BCUT2D eigenvalue weighted by molar-refractivity contribution is -0.142. The van der Waals surface area contributed by atoms with Crippen LogP contribution in [0.2, 0.25) is 0 Å². The fraction of sp³-hybridized carbons (Fsp3) is 0.381. The zero-order chi connectivity index (χ0) is 24.7. The molecule has 12 nitrogen and oxygen atoms in total. The summed E-state index contributed by atoms with van der Waals surface area (Å²) in [5.41, 5.74) is 6.99. The number of rotatable bonds is 11. The molecule has 0 aliphatic carbocycles. The number of H-pyrrole nitrogens is 1. The molecule has 0 fully saturated rings. The average molecular weight is 461 g/mol. The van der Waals surface area contributed by atoms with Gasteiger partial charge in [0.15, 0.2) is 0 Å². The van der Waals surface area contributed by atoms with Gasteiger partial charge >= 0.3 is 11.9 Å². The van der Waals surface area contributed by atoms with E-state index in [2.05, 4.69) is 20.9 Å². The molecule has 1 aromatic heterocycles. The third kappa shape index (κ3) is 7.04. The molecule has 4 unspecified atom stereocenters. The van der Waals surface area contributed by atoms with Crippen LogP contribution in [0, 0.1) is 0 Å². The highest BCUT2D eigenvalue weighted by Crippen LogP contribution is 2.19. The van der Waals surface area contributed by atoms with Crippen molar-refractivity contribution < 1.29 is 34.2 Å². The van der Waals surface area contributed by atoms with E-state index >= 15 is 0 Å². The van der Waals surface area contributed by atoms with E-state index in [1.165, 1.54) is 13.8 Å². The van der Waals surface area contributed by atoms with Crippen LogP contribution in [0.25, 0.3) is 10.9 Å². The van der Waals surface area contributed by atoms with Gasteiger partial charge in [0.2, 0.25) is 17.7 Å². The van der Waals surface area contributed by atoms with Crippen LogP contribution >= 0.6 is 0 Å². The van der Waals surface area contributed by atoms with Gasteiger partial charge in [-0.2, -0.15) is 0 Å². The average Bonchev–Trinajstić information content (AvgIpc) is 3.15. The van der Waals surface area contributed by atoms with E-state index in [-0.39, 0.29) is 6.42 Å². The summed E-state index contributed by atoms with van der Waals surface area (Å²) in [4.78, 5) is 62.0. The molecular weight excluding hydrogens is 434 g/mol. The van der Waals surface area contributed by atoms with Crippen LogP contribution in [0.3, 0.4) is 0 Å². The predicted molar refractivity (Wildman–Crippen MR) is 117 cm³/mol. The molecule has 0 aliphatic rings. The standard InChI is InChI=1S/C21H27N5O7/c1-10(25-20(31)14(22)8-17(27)28)18(29)24-11(2)19(30)26-16(21(32)33)7-12-9-23-15-6-4-3-5-13(12)15/h3-6,9-11,14,16,23H,7-8,22H2,1-2H3,(H,24,29)(H,25,31)(H,26,30)(H,27,28)(H,32,33). The Labute approximate surface area is 188 Å². The van der Waals surface area contributed by atoms with Crippen molar-refractivity contribution in [2.45, 2.75) is 50.9 Å². The second kappa shape index (κ2) is 11.1. The molecule has 1 aromatic carbocycles. The van der Waals surface area contributed by atoms with Crippen molar-refractivity contribution in [2.24, 2.45) is 5.73 Å². The van der Waals surface area contributed by atoms with Crippen molar-refractivity contribution in [1.82, 2.24) is 20.9 Å². The molecule has 12 heteroatoms. The Hall–Kier alpha value is -3.93. The van der Waals surface area contributed by atoms with Gasteiger partial charge in [0.25, 0.3) is 0 Å². The summed E-state index contributed by atoms with van der Waals surface area (Å²) in [6.45, 7) is 2.70. The zero-order valence-electron chi connectivity index (χ0n) is 18.1. The number of aromatic nitrogens is 1. The fourth-order valence-electron chi connectivity index (χ4n) is 3.09. The third-order valence-electron chi connectivity index (χ3n) is 4.95. The van der Waals surface area contributed by atoms with Crippen molar-refractivity contribution in [3.63, 3.8) is 0 Å². The second-order valence-corrected chi connectivity index (χ2v) is 7.63. The molecule has 178 valence electrons. The van der Waals surface area contributed by atoms with Crippen LogP contribution in [0.5, 0.6) is 0 Å². The Morgan fingerprint density at radius 2 is 1.52 bits per heavy atom. The molecule has 33 heavy (non-hydrogen) atoms. The molecule has 0 saturated heterocycles. The molecule has 0 bridgehead atoms. The number of hydrogen-bond acceptors (Lipinski definition) is 6. The van der Waals surface area contributed by atoms with Crippen LogP contribution < -0.4 is 21.7 Å². The minimum absolute atomic E-state index is 0.0275. The van der Waals surface area contributed by atoms with E-state index in [9.17, 15) is 29.1 Å². The van der Waals surface area contributed by atoms with Crippen LogP contribution in [-0.4, -0.2) is 69.0 Å². The van der Waals surface area contributed by atoms with E-state index in [1.54, 1.807) is 6.20 Å². The number of carboxylic acids is 2. The highest BCUT2D eigenvalue weighted by atomic mass is 16.4. The zero-order valence-corrected chi connectivity index (χ0v) is 18.1. The van der Waals surface area contributed by atoms with Gasteiger partial charge in [-0.05, 0) is 25.5 Å². The predicted octanol–water partition coefficient (Wildman–Crippen LogP) is -0.909. The number of nitrogens with two attached hydrogens (primary N) is 1. The number of nitrogens with one attached hydrogen (secondary N) is 4. The second-order valence-electron chi connectivity index (χ2n) is 7.63. The summed E-state index contributed by atoms with van der Waals surface area (Å²) in [6.07, 6.45) is 1.10. The van der Waals surface area contributed by atoms with Crippen molar-refractivity contribution in [3.05, 3.63) is 36.0 Å². The smallest absolute Gasteiger partial charge is 0.326 e. The molecule has 2 aromatic rings. The topological polar surface area (TPSA) is 204 Å². The number of carbonyl (C=O) groups is 5. The number of amides is 3. The van der Waals surface area contributed by atoms with Gasteiger partial charge in [0, 0.05) is 23.5 Å². The van der Waals surface area contributed by atoms with Crippen molar-refractivity contribution in [2.75, 3.05) is 0 Å². The maximum absolute atomic E-state index is 12.5. The molecule has 0 aliphatic heterocycles. The summed E-state index contributed by atoms with van der Waals surface area (Å²) in [7, 11) is 0. The van der Waals surface area contributed by atoms with E-state index in [4.69, 9.17) is 10.8 Å². The molecule has 0 spiro atoms. The van der Waals surface area contributed by atoms with Crippen molar-refractivity contribution >= 4 is 40.6 Å². The first-order valence-corrected chi connectivity index (χ1v) is 10.2. The Morgan fingerprint density at radius 3 is 2.12 bits per heavy atom. The van der Waals surface area contributed by atoms with E-state index in [0.717, 1.165) is 10.9 Å². The van der Waals surface area contributed by atoms with Gasteiger partial charge in [0.05, 0.1) is 12.5 Å². The monoisotopic (exact) mass is 461 g/mol. The number of hydrogen-bond donors (Lipinski definition) is 7. The summed E-state index contributed by atoms with van der Waals surface area (Å²) in [6, 6.07) is 2.57. The largest absolute Gasteiger partial charge is 0.481 e. The normalized spacial score (nSPS) is 14.5. The number of aromatic amines is 1. The van der Waals surface area contributed by atoms with E-state index < -0.39 is 60.2 Å². The minimum Gasteiger partial charge on any atom is -0.481 e. The Bertz CT molecular complexity index is 1050. The summed E-state index contributed by atoms with van der Waals surface area (Å²) >= 11 is 0. The van der Waals surface area contributed by atoms with Gasteiger partial charge in [-0.15, -0.1) is 0 Å². The number of carboxylic acid groups (broad SMARTS) is 2. The molecule has 1 heterocycles. The van der Waals surface area contributed by atoms with E-state index in [1.807, 2.05) is 24.3 Å². The summed E-state index contributed by atoms with van der Waals surface area (Å²) in [5, 5.41) is 26.1. The maximum atomic E-state index is 12.5. The molecule has 3 amide bonds. The number of carbonyl (C=O) groups excluding carboxylic acids is 3. The lowest BCUT2D eigenvalue weighted by Crippen LogP contribution is -2.55. The van der Waals surface area contributed by atoms with Crippen LogP contribution in [0.1, 0.15) is 25.8 Å². The van der Waals surface area contributed by atoms with Crippen LogP contribution in [0.15, 0.2) is 30.5 Å². The Balaban J connectivity index is 1.94. The Kier molecular flexibility index (Phi) is 8.51. The summed E-state index contributed by atoms with van der Waals surface area (Å²) < 4.78 is 0. The summed E-state index contributed by atoms with van der Waals surface area (Å²) in [5.74, 6) is -4.78. The molecule has 2 rings (SSSR count). The molecule has 4 atom stereocenters. The third-order valence-corrected chi connectivity index (χ3v) is 4.95. The van der Waals surface area contributed by atoms with Gasteiger partial charge < -0.3 is 36.9 Å². The first-order valence-electron chi connectivity index (χ1n) is 10.2. The van der Waals surface area contributed by atoms with Gasteiger partial charge in [-0.1, -0.05) is 18.2 Å². The van der Waals surface area contributed by atoms with Crippen LogP contribution in [-0.2, 0) is 30.4 Å². The van der Waals surface area contributed by atoms with Gasteiger partial charge in [0.1, 0.15) is 18.1 Å². The fourth-order valence-corrected chi connectivity index (χ4v) is 3.09. The Morgan fingerprint density at radius 1 is 0.939 bits per heavy atom. The van der Waals surface area contributed by atoms with Crippen molar-refractivity contribution in [1.29, 1.82) is 0 Å². The SMILES string of the molecule is CC(NC(=O)C(N)CC(=O)O)C(=O)NC(C)C(=O)NC(Cc1c[nH]c2ccccc12)C(=O)O. The van der Waals surface area contributed by atoms with Gasteiger partial charge in [-0.3, -0.25) is 19.2 Å². The highest BCUT2D eigenvalue weighted by molar-refractivity contribution is 5.94. The molecule has 8 N–H and O–H groups in total. The lowest BCUT2D eigenvalue weighted by atomic mass is 10.0. The first kappa shape index (κ1) is 25.3. The molecular formula is C21H27N5O7. The minimum atomic E-state index is -1.33. The maximum Gasteiger partial charge on any atom is 0.326 e. The molecule has 0 saturated carbocycles. The number of aliphatic carboxylic acids is 2. The highest BCUT2D eigenvalue weighted by Gasteiger charge is 2.27. The number of benzene rings is 1.